The van der Waals surface area contributed by atoms with E-state index >= 15 is 0 Å². The number of ether oxygens (including phenoxy) is 1. The SMILES string of the molecule is COc1nc(NN)nc(NC(C)C2CCCCC2)n1. The highest BCUT2D eigenvalue weighted by Crippen LogP contribution is 2.27. The van der Waals surface area contributed by atoms with E-state index in [1.165, 1.54) is 39.2 Å². The summed E-state index contributed by atoms with van der Waals surface area (Å²) in [6.07, 6.45) is 6.50. The van der Waals surface area contributed by atoms with E-state index in [1.807, 2.05) is 0 Å². The normalized spacial score (nSPS) is 17.8. The summed E-state index contributed by atoms with van der Waals surface area (Å²) in [6.45, 7) is 2.17. The number of nitrogens with two attached hydrogens (primary N) is 1. The van der Waals surface area contributed by atoms with Gasteiger partial charge in [0.15, 0.2) is 0 Å². The Morgan fingerprint density at radius 3 is 2.47 bits per heavy atom. The van der Waals surface area contributed by atoms with E-state index in [1.54, 1.807) is 0 Å². The van der Waals surface area contributed by atoms with Gasteiger partial charge in [0.25, 0.3) is 0 Å². The van der Waals surface area contributed by atoms with E-state index in [0.717, 1.165) is 0 Å². The molecule has 2 rings (SSSR count). The number of nitrogens with zero attached hydrogens (tertiary/aromatic N) is 3. The first-order chi connectivity index (χ1) is 9.22. The van der Waals surface area contributed by atoms with Gasteiger partial charge < -0.3 is 10.1 Å². The lowest BCUT2D eigenvalue weighted by Crippen LogP contribution is -2.29. The van der Waals surface area contributed by atoms with Gasteiger partial charge in [0.1, 0.15) is 0 Å². The Hall–Kier alpha value is -1.63. The van der Waals surface area contributed by atoms with Gasteiger partial charge in [-0.05, 0) is 25.7 Å². The molecular weight excluding hydrogens is 244 g/mol. The van der Waals surface area contributed by atoms with Crippen molar-refractivity contribution in [2.45, 2.75) is 45.1 Å². The van der Waals surface area contributed by atoms with Crippen LogP contribution in [-0.2, 0) is 0 Å². The lowest BCUT2D eigenvalue weighted by Gasteiger charge is -2.28. The third-order valence-corrected chi connectivity index (χ3v) is 3.64. The lowest BCUT2D eigenvalue weighted by atomic mass is 9.85. The van der Waals surface area contributed by atoms with E-state index in [2.05, 4.69) is 32.6 Å². The number of rotatable bonds is 5. The molecule has 0 aromatic carbocycles. The van der Waals surface area contributed by atoms with Gasteiger partial charge in [-0.1, -0.05) is 19.3 Å². The highest BCUT2D eigenvalue weighted by molar-refractivity contribution is 5.35. The molecule has 7 heteroatoms. The summed E-state index contributed by atoms with van der Waals surface area (Å²) in [4.78, 5) is 12.3. The number of aromatic nitrogens is 3. The molecule has 1 aromatic heterocycles. The Morgan fingerprint density at radius 2 is 1.84 bits per heavy atom. The molecule has 1 unspecified atom stereocenters. The van der Waals surface area contributed by atoms with Gasteiger partial charge in [-0.25, -0.2) is 5.84 Å². The van der Waals surface area contributed by atoms with Crippen molar-refractivity contribution in [2.24, 2.45) is 11.8 Å². The third kappa shape index (κ3) is 3.66. The van der Waals surface area contributed by atoms with Crippen molar-refractivity contribution in [2.75, 3.05) is 17.9 Å². The van der Waals surface area contributed by atoms with Crippen LogP contribution in [0.5, 0.6) is 6.01 Å². The molecule has 7 nitrogen and oxygen atoms in total. The van der Waals surface area contributed by atoms with Gasteiger partial charge in [0.05, 0.1) is 7.11 Å². The van der Waals surface area contributed by atoms with Crippen molar-refractivity contribution < 1.29 is 4.74 Å². The summed E-state index contributed by atoms with van der Waals surface area (Å²) in [7, 11) is 1.52. The molecule has 0 saturated heterocycles. The Bertz CT molecular complexity index is 385. The zero-order valence-corrected chi connectivity index (χ0v) is 11.5. The molecule has 0 bridgehead atoms. The minimum absolute atomic E-state index is 0.251. The summed E-state index contributed by atoms with van der Waals surface area (Å²) in [5.41, 5.74) is 2.41. The highest BCUT2D eigenvalue weighted by atomic mass is 16.5. The molecule has 1 saturated carbocycles. The maximum absolute atomic E-state index is 5.33. The zero-order valence-electron chi connectivity index (χ0n) is 11.5. The second kappa shape index (κ2) is 6.51. The zero-order chi connectivity index (χ0) is 13.7. The van der Waals surface area contributed by atoms with Gasteiger partial charge in [0, 0.05) is 6.04 Å². The van der Waals surface area contributed by atoms with Crippen LogP contribution in [0.3, 0.4) is 0 Å². The number of hydrogen-bond donors (Lipinski definition) is 3. The first kappa shape index (κ1) is 13.8. The molecule has 0 aliphatic heterocycles. The van der Waals surface area contributed by atoms with Crippen molar-refractivity contribution >= 4 is 11.9 Å². The van der Waals surface area contributed by atoms with Crippen molar-refractivity contribution in [3.8, 4) is 6.01 Å². The molecule has 106 valence electrons. The fourth-order valence-corrected chi connectivity index (χ4v) is 2.53. The Labute approximate surface area is 113 Å². The van der Waals surface area contributed by atoms with Crippen molar-refractivity contribution in [3.05, 3.63) is 0 Å². The summed E-state index contributed by atoms with van der Waals surface area (Å²) in [5, 5.41) is 3.32. The maximum atomic E-state index is 5.33. The number of nitrogen functional groups attached to an aromatic ring is 1. The van der Waals surface area contributed by atoms with E-state index in [-0.39, 0.29) is 6.01 Å². The molecule has 1 heterocycles. The topological polar surface area (TPSA) is 98.0 Å². The highest BCUT2D eigenvalue weighted by Gasteiger charge is 2.21. The number of anilines is 2. The first-order valence-corrected chi connectivity index (χ1v) is 6.76. The van der Waals surface area contributed by atoms with Crippen LogP contribution in [-0.4, -0.2) is 28.1 Å². The average Bonchev–Trinajstić information content (AvgIpc) is 2.47. The van der Waals surface area contributed by atoms with Crippen LogP contribution >= 0.6 is 0 Å². The Morgan fingerprint density at radius 1 is 1.16 bits per heavy atom. The largest absolute Gasteiger partial charge is 0.467 e. The van der Waals surface area contributed by atoms with Crippen LogP contribution in [0.15, 0.2) is 0 Å². The van der Waals surface area contributed by atoms with E-state index in [0.29, 0.717) is 23.9 Å². The molecule has 0 amide bonds. The van der Waals surface area contributed by atoms with E-state index < -0.39 is 0 Å². The second-order valence-corrected chi connectivity index (χ2v) is 4.94. The van der Waals surface area contributed by atoms with Crippen LogP contribution in [0.2, 0.25) is 0 Å². The quantitative estimate of drug-likeness (QED) is 0.549. The maximum Gasteiger partial charge on any atom is 0.322 e. The Balaban J connectivity index is 2.04. The smallest absolute Gasteiger partial charge is 0.322 e. The fourth-order valence-electron chi connectivity index (χ4n) is 2.53. The average molecular weight is 266 g/mol. The molecular formula is C12H22N6O. The molecule has 1 aliphatic rings. The lowest BCUT2D eigenvalue weighted by molar-refractivity contribution is 0.327. The fraction of sp³-hybridized carbons (Fsp3) is 0.750. The van der Waals surface area contributed by atoms with Crippen LogP contribution in [0.1, 0.15) is 39.0 Å². The van der Waals surface area contributed by atoms with Crippen molar-refractivity contribution in [1.29, 1.82) is 0 Å². The predicted octanol–water partition coefficient (Wildman–Crippen LogP) is 1.55. The summed E-state index contributed by atoms with van der Waals surface area (Å²) in [6, 6.07) is 0.583. The van der Waals surface area contributed by atoms with E-state index in [4.69, 9.17) is 10.6 Å². The molecule has 0 spiro atoms. The van der Waals surface area contributed by atoms with Crippen molar-refractivity contribution in [3.63, 3.8) is 0 Å². The number of nitrogens with one attached hydrogen (secondary N) is 2. The van der Waals surface area contributed by atoms with Gasteiger partial charge in [-0.3, -0.25) is 5.43 Å². The van der Waals surface area contributed by atoms with Crippen LogP contribution < -0.4 is 21.3 Å². The molecule has 1 aromatic rings. The molecule has 19 heavy (non-hydrogen) atoms. The standard InChI is InChI=1S/C12H22N6O/c1-8(9-6-4-3-5-7-9)14-10-15-11(18-13)17-12(16-10)19-2/h8-9H,3-7,13H2,1-2H3,(H2,14,15,16,17,18). The molecule has 4 N–H and O–H groups in total. The molecule has 0 radical (unpaired) electrons. The predicted molar refractivity (Wildman–Crippen MR) is 73.8 cm³/mol. The Kier molecular flexibility index (Phi) is 4.73. The summed E-state index contributed by atoms with van der Waals surface area (Å²) >= 11 is 0. The van der Waals surface area contributed by atoms with Gasteiger partial charge >= 0.3 is 6.01 Å². The monoisotopic (exact) mass is 266 g/mol. The van der Waals surface area contributed by atoms with Crippen LogP contribution in [0.25, 0.3) is 0 Å². The molecule has 1 aliphatic carbocycles. The van der Waals surface area contributed by atoms with Crippen LogP contribution in [0.4, 0.5) is 11.9 Å². The van der Waals surface area contributed by atoms with Crippen LogP contribution in [0, 0.1) is 5.92 Å². The minimum atomic E-state index is 0.251. The number of methoxy groups -OCH3 is 1. The first-order valence-electron chi connectivity index (χ1n) is 6.76. The van der Waals surface area contributed by atoms with Gasteiger partial charge in [0.2, 0.25) is 11.9 Å². The van der Waals surface area contributed by atoms with E-state index in [9.17, 15) is 0 Å². The minimum Gasteiger partial charge on any atom is -0.467 e. The second-order valence-electron chi connectivity index (χ2n) is 4.94. The third-order valence-electron chi connectivity index (χ3n) is 3.64. The number of hydrazine groups is 1. The van der Waals surface area contributed by atoms with Crippen molar-refractivity contribution in [1.82, 2.24) is 15.0 Å². The molecule has 1 fully saturated rings. The number of hydrogen-bond acceptors (Lipinski definition) is 7. The van der Waals surface area contributed by atoms with Gasteiger partial charge in [-0.2, -0.15) is 15.0 Å². The molecule has 1 atom stereocenters. The summed E-state index contributed by atoms with van der Waals surface area (Å²) in [5.74, 6) is 6.80. The van der Waals surface area contributed by atoms with Gasteiger partial charge in [-0.15, -0.1) is 0 Å². The summed E-state index contributed by atoms with van der Waals surface area (Å²) < 4.78 is 5.03.